The van der Waals surface area contributed by atoms with E-state index in [0.717, 1.165) is 60.6 Å². The number of nitrogens with zero attached hydrogens (tertiary/aromatic N) is 3. The zero-order chi connectivity index (χ0) is 21.9. The van der Waals surface area contributed by atoms with Gasteiger partial charge in [0.15, 0.2) is 0 Å². The van der Waals surface area contributed by atoms with Crippen LogP contribution in [0, 0.1) is 5.92 Å². The number of aromatic nitrogens is 2. The lowest BCUT2D eigenvalue weighted by Gasteiger charge is -2.32. The number of anilines is 1. The van der Waals surface area contributed by atoms with E-state index in [-0.39, 0.29) is 18.2 Å². The molecule has 1 saturated heterocycles. The van der Waals surface area contributed by atoms with Crippen LogP contribution in [0.4, 0.5) is 11.6 Å². The van der Waals surface area contributed by atoms with Crippen LogP contribution in [0.25, 0.3) is 16.6 Å². The maximum Gasteiger partial charge on any atom is 0.250 e. The average molecular weight is 429 g/mol. The Hall–Kier alpha value is -3.61. The second-order valence-corrected chi connectivity index (χ2v) is 8.44. The normalized spacial score (nSPS) is 16.8. The summed E-state index contributed by atoms with van der Waals surface area (Å²) in [5, 5.41) is 7.56. The van der Waals surface area contributed by atoms with Crippen molar-refractivity contribution in [2.75, 3.05) is 25.0 Å². The van der Waals surface area contributed by atoms with E-state index in [2.05, 4.69) is 20.6 Å². The van der Waals surface area contributed by atoms with E-state index >= 15 is 0 Å². The second-order valence-electron chi connectivity index (χ2n) is 8.44. The van der Waals surface area contributed by atoms with Gasteiger partial charge < -0.3 is 15.2 Å². The zero-order valence-corrected chi connectivity index (χ0v) is 17.9. The highest BCUT2D eigenvalue weighted by atomic mass is 16.2. The highest BCUT2D eigenvalue weighted by molar-refractivity contribution is 5.96. The molecule has 2 aliphatic heterocycles. The van der Waals surface area contributed by atoms with Crippen molar-refractivity contribution in [3.63, 3.8) is 0 Å². The third kappa shape index (κ3) is 4.37. The van der Waals surface area contributed by atoms with Crippen molar-refractivity contribution in [2.45, 2.75) is 25.7 Å². The highest BCUT2D eigenvalue weighted by Crippen LogP contribution is 2.30. The lowest BCUT2D eigenvalue weighted by Crippen LogP contribution is -2.40. The Kier molecular flexibility index (Phi) is 5.62. The molecule has 2 aromatic carbocycles. The van der Waals surface area contributed by atoms with Crippen LogP contribution in [0.2, 0.25) is 0 Å². The second kappa shape index (κ2) is 8.86. The first kappa shape index (κ1) is 20.3. The number of carbonyl (C=O) groups is 2. The molecule has 3 aromatic rings. The number of hydrogen-bond donors (Lipinski definition) is 2. The Morgan fingerprint density at radius 2 is 1.88 bits per heavy atom. The van der Waals surface area contributed by atoms with Crippen molar-refractivity contribution >= 4 is 40.1 Å². The molecule has 0 aliphatic carbocycles. The maximum absolute atomic E-state index is 13.0. The molecule has 163 valence electrons. The molecule has 1 aromatic heterocycles. The standard InChI is InChI=1S/C25H26N5O2/c31-23-10-9-18(19-5-1-2-6-20(19)27-23)15-24(32)30-13-11-17(12-14-30)16-26-25-28-21-7-3-4-8-22(21)29-25/h1-9,17H,10-16H2,(H2,26,28,29). The summed E-state index contributed by atoms with van der Waals surface area (Å²) in [4.78, 5) is 34.7. The van der Waals surface area contributed by atoms with Gasteiger partial charge in [-0.3, -0.25) is 9.59 Å². The summed E-state index contributed by atoms with van der Waals surface area (Å²) in [6, 6.07) is 15.5. The number of H-pyrrole nitrogens is 1. The molecule has 0 atom stereocenters. The number of likely N-dealkylation sites (tertiary alicyclic amines) is 1. The molecule has 32 heavy (non-hydrogen) atoms. The number of carbonyl (C=O) groups excluding carboxylic acids is 2. The smallest absolute Gasteiger partial charge is 0.250 e. The van der Waals surface area contributed by atoms with Crippen LogP contribution in [-0.4, -0.2) is 46.3 Å². The van der Waals surface area contributed by atoms with Gasteiger partial charge in [0, 0.05) is 31.6 Å². The molecule has 0 unspecified atom stereocenters. The van der Waals surface area contributed by atoms with Gasteiger partial charge >= 0.3 is 0 Å². The number of amides is 2. The Labute approximate surface area is 186 Å². The van der Waals surface area contributed by atoms with Gasteiger partial charge in [-0.2, -0.15) is 0 Å². The van der Waals surface area contributed by atoms with Crippen molar-refractivity contribution in [1.82, 2.24) is 20.2 Å². The van der Waals surface area contributed by atoms with Gasteiger partial charge in [0.1, 0.15) is 0 Å². The van der Waals surface area contributed by atoms with E-state index in [9.17, 15) is 9.59 Å². The average Bonchev–Trinajstić information content (AvgIpc) is 3.17. The Balaban J connectivity index is 1.15. The molecule has 2 aliphatic rings. The summed E-state index contributed by atoms with van der Waals surface area (Å²) in [6.45, 7) is 2.34. The fraction of sp³-hybridized carbons (Fsp3) is 0.320. The monoisotopic (exact) mass is 428 g/mol. The van der Waals surface area contributed by atoms with Crippen molar-refractivity contribution < 1.29 is 9.59 Å². The summed E-state index contributed by atoms with van der Waals surface area (Å²) in [6.07, 6.45) is 4.33. The van der Waals surface area contributed by atoms with Crippen LogP contribution in [0.3, 0.4) is 0 Å². The number of benzene rings is 2. The van der Waals surface area contributed by atoms with Crippen LogP contribution < -0.4 is 10.6 Å². The lowest BCUT2D eigenvalue weighted by molar-refractivity contribution is -0.131. The first-order chi connectivity index (χ1) is 15.7. The molecule has 2 amide bonds. The molecular weight excluding hydrogens is 402 g/mol. The molecular formula is C25H26N5O2. The summed E-state index contributed by atoms with van der Waals surface area (Å²) >= 11 is 0. The molecule has 2 N–H and O–H groups in total. The number of imidazole rings is 1. The molecule has 3 heterocycles. The molecule has 7 heteroatoms. The van der Waals surface area contributed by atoms with Gasteiger partial charge in [0.05, 0.1) is 23.1 Å². The Morgan fingerprint density at radius 1 is 1.09 bits per heavy atom. The summed E-state index contributed by atoms with van der Waals surface area (Å²) in [7, 11) is 0. The third-order valence-electron chi connectivity index (χ3n) is 6.27. The van der Waals surface area contributed by atoms with Crippen LogP contribution in [0.15, 0.2) is 54.6 Å². The number of hydrogen-bond acceptors (Lipinski definition) is 4. The topological polar surface area (TPSA) is 92.2 Å². The lowest BCUT2D eigenvalue weighted by atomic mass is 9.95. The number of para-hydroxylation sites is 3. The van der Waals surface area contributed by atoms with Crippen molar-refractivity contribution in [2.24, 2.45) is 5.92 Å². The van der Waals surface area contributed by atoms with E-state index in [4.69, 9.17) is 0 Å². The van der Waals surface area contributed by atoms with Crippen molar-refractivity contribution in [3.8, 4) is 0 Å². The number of rotatable bonds is 5. The van der Waals surface area contributed by atoms with Gasteiger partial charge in [0.25, 0.3) is 0 Å². The van der Waals surface area contributed by atoms with Crippen LogP contribution >= 0.6 is 0 Å². The number of nitrogens with one attached hydrogen (secondary N) is 2. The van der Waals surface area contributed by atoms with E-state index in [1.165, 1.54) is 0 Å². The minimum absolute atomic E-state index is 0.115. The van der Waals surface area contributed by atoms with Gasteiger partial charge in [-0.15, -0.1) is 0 Å². The number of aromatic amines is 1. The zero-order valence-electron chi connectivity index (χ0n) is 17.9. The predicted octanol–water partition coefficient (Wildman–Crippen LogP) is 3.85. The first-order valence-electron chi connectivity index (χ1n) is 11.1. The quantitative estimate of drug-likeness (QED) is 0.646. The number of piperidine rings is 1. The van der Waals surface area contributed by atoms with Crippen LogP contribution in [0.5, 0.6) is 0 Å². The summed E-state index contributed by atoms with van der Waals surface area (Å²) < 4.78 is 0. The largest absolute Gasteiger partial charge is 0.356 e. The number of fused-ring (bicyclic) bond motifs is 2. The molecule has 0 saturated carbocycles. The third-order valence-corrected chi connectivity index (χ3v) is 6.27. The van der Waals surface area contributed by atoms with E-state index in [0.29, 0.717) is 18.0 Å². The summed E-state index contributed by atoms with van der Waals surface area (Å²) in [5.41, 5.74) is 4.42. The fourth-order valence-corrected chi connectivity index (χ4v) is 4.45. The Bertz CT molecular complexity index is 1140. The van der Waals surface area contributed by atoms with Gasteiger partial charge in [0.2, 0.25) is 17.8 Å². The maximum atomic E-state index is 13.0. The van der Waals surface area contributed by atoms with Crippen LogP contribution in [-0.2, 0) is 9.59 Å². The highest BCUT2D eigenvalue weighted by Gasteiger charge is 2.25. The molecule has 0 bridgehead atoms. The van der Waals surface area contributed by atoms with E-state index in [1.54, 1.807) is 0 Å². The molecule has 5 rings (SSSR count). The summed E-state index contributed by atoms with van der Waals surface area (Å²) in [5.74, 6) is 1.24. The first-order valence-corrected chi connectivity index (χ1v) is 11.1. The van der Waals surface area contributed by atoms with Gasteiger partial charge in [-0.05, 0) is 42.5 Å². The minimum atomic E-state index is -0.169. The molecule has 7 nitrogen and oxygen atoms in total. The van der Waals surface area contributed by atoms with E-state index in [1.807, 2.05) is 59.5 Å². The SMILES string of the molecule is O=C1CC=C(CC(=O)N2CCC(CNc3nc4ccccc4[nH]3)CC2)c2ccccc2[N]1. The minimum Gasteiger partial charge on any atom is -0.356 e. The van der Waals surface area contributed by atoms with Crippen LogP contribution in [0.1, 0.15) is 31.2 Å². The van der Waals surface area contributed by atoms with Gasteiger partial charge in [-0.1, -0.05) is 36.4 Å². The Morgan fingerprint density at radius 3 is 2.72 bits per heavy atom. The van der Waals surface area contributed by atoms with Crippen molar-refractivity contribution in [3.05, 3.63) is 60.2 Å². The molecule has 0 spiro atoms. The predicted molar refractivity (Wildman–Crippen MR) is 124 cm³/mol. The van der Waals surface area contributed by atoms with Crippen molar-refractivity contribution in [1.29, 1.82) is 0 Å². The molecule has 1 fully saturated rings. The molecule has 1 radical (unpaired) electrons. The van der Waals surface area contributed by atoms with Gasteiger partial charge in [-0.25, -0.2) is 10.3 Å². The van der Waals surface area contributed by atoms with E-state index < -0.39 is 0 Å². The fourth-order valence-electron chi connectivity index (χ4n) is 4.45.